The van der Waals surface area contributed by atoms with Crippen LogP contribution in [0.2, 0.25) is 0 Å². The second-order valence-electron chi connectivity index (χ2n) is 5.18. The van der Waals surface area contributed by atoms with E-state index in [1.54, 1.807) is 11.8 Å². The van der Waals surface area contributed by atoms with E-state index in [1.807, 2.05) is 42.3 Å². The molecule has 1 aliphatic heterocycles. The molecular formula is C16H23NO2S. The molecule has 0 spiro atoms. The lowest BCUT2D eigenvalue weighted by molar-refractivity contribution is -0.137. The fraction of sp³-hybridized carbons (Fsp3) is 0.562. The van der Waals surface area contributed by atoms with E-state index >= 15 is 0 Å². The van der Waals surface area contributed by atoms with E-state index in [1.165, 1.54) is 17.7 Å². The van der Waals surface area contributed by atoms with Gasteiger partial charge in [0, 0.05) is 18.0 Å². The maximum Gasteiger partial charge on any atom is 0.263 e. The fourth-order valence-corrected chi connectivity index (χ4v) is 2.87. The van der Waals surface area contributed by atoms with E-state index in [2.05, 4.69) is 0 Å². The number of hydrogen-bond donors (Lipinski definition) is 0. The van der Waals surface area contributed by atoms with E-state index in [0.29, 0.717) is 0 Å². The summed E-state index contributed by atoms with van der Waals surface area (Å²) in [5.74, 6) is 0.874. The number of carbonyl (C=O) groups is 1. The van der Waals surface area contributed by atoms with Crippen molar-refractivity contribution < 1.29 is 9.53 Å². The van der Waals surface area contributed by atoms with Gasteiger partial charge in [0.05, 0.1) is 0 Å². The number of ether oxygens (including phenoxy) is 1. The highest BCUT2D eigenvalue weighted by molar-refractivity contribution is 7.98. The molecule has 1 fully saturated rings. The highest BCUT2D eigenvalue weighted by Gasteiger charge is 2.22. The predicted molar refractivity (Wildman–Crippen MR) is 83.4 cm³/mol. The van der Waals surface area contributed by atoms with Crippen molar-refractivity contribution in [2.45, 2.75) is 43.6 Å². The summed E-state index contributed by atoms with van der Waals surface area (Å²) in [6.45, 7) is 3.59. The van der Waals surface area contributed by atoms with Crippen LogP contribution in [0.25, 0.3) is 0 Å². The third kappa shape index (κ3) is 4.17. The van der Waals surface area contributed by atoms with Crippen molar-refractivity contribution in [3.05, 3.63) is 24.3 Å². The van der Waals surface area contributed by atoms with Crippen molar-refractivity contribution in [1.82, 2.24) is 4.90 Å². The molecule has 1 aliphatic rings. The zero-order chi connectivity index (χ0) is 14.4. The zero-order valence-electron chi connectivity index (χ0n) is 12.3. The van der Waals surface area contributed by atoms with Gasteiger partial charge in [-0.1, -0.05) is 12.8 Å². The first-order valence-corrected chi connectivity index (χ1v) is 8.52. The van der Waals surface area contributed by atoms with Crippen LogP contribution in [0.4, 0.5) is 0 Å². The van der Waals surface area contributed by atoms with Gasteiger partial charge in [-0.15, -0.1) is 11.8 Å². The van der Waals surface area contributed by atoms with Crippen molar-refractivity contribution in [3.63, 3.8) is 0 Å². The van der Waals surface area contributed by atoms with E-state index < -0.39 is 6.10 Å². The van der Waals surface area contributed by atoms with Crippen molar-refractivity contribution in [2.75, 3.05) is 19.3 Å². The maximum atomic E-state index is 12.4. The quantitative estimate of drug-likeness (QED) is 0.795. The minimum absolute atomic E-state index is 0.112. The summed E-state index contributed by atoms with van der Waals surface area (Å²) in [5, 5.41) is 0. The van der Waals surface area contributed by atoms with Crippen LogP contribution < -0.4 is 4.74 Å². The average Bonchev–Trinajstić information content (AvgIpc) is 2.76. The Labute approximate surface area is 125 Å². The van der Waals surface area contributed by atoms with Crippen molar-refractivity contribution >= 4 is 17.7 Å². The van der Waals surface area contributed by atoms with Crippen molar-refractivity contribution in [1.29, 1.82) is 0 Å². The van der Waals surface area contributed by atoms with Gasteiger partial charge in [-0.05, 0) is 50.3 Å². The fourth-order valence-electron chi connectivity index (χ4n) is 2.46. The Kier molecular flexibility index (Phi) is 5.77. The molecule has 1 unspecified atom stereocenters. The zero-order valence-corrected chi connectivity index (χ0v) is 13.1. The van der Waals surface area contributed by atoms with Crippen LogP contribution in [0.5, 0.6) is 5.75 Å². The number of nitrogens with zero attached hydrogens (tertiary/aromatic N) is 1. The summed E-state index contributed by atoms with van der Waals surface area (Å²) in [7, 11) is 0. The molecule has 0 aliphatic carbocycles. The van der Waals surface area contributed by atoms with Gasteiger partial charge >= 0.3 is 0 Å². The van der Waals surface area contributed by atoms with Gasteiger partial charge in [0.2, 0.25) is 0 Å². The second kappa shape index (κ2) is 7.58. The summed E-state index contributed by atoms with van der Waals surface area (Å²) in [6.07, 6.45) is 6.32. The lowest BCUT2D eigenvalue weighted by Crippen LogP contribution is -2.40. The Bertz CT molecular complexity index is 425. The third-order valence-corrected chi connectivity index (χ3v) is 4.38. The van der Waals surface area contributed by atoms with Crippen LogP contribution in [-0.4, -0.2) is 36.3 Å². The van der Waals surface area contributed by atoms with Gasteiger partial charge in [-0.2, -0.15) is 0 Å². The molecule has 20 heavy (non-hydrogen) atoms. The SMILES string of the molecule is CSc1ccc(OC(C)C(=O)N2CCCCCC2)cc1. The largest absolute Gasteiger partial charge is 0.481 e. The standard InChI is InChI=1S/C16H23NO2S/c1-13(16(18)17-11-5-3-4-6-12-17)19-14-7-9-15(20-2)10-8-14/h7-10,13H,3-6,11-12H2,1-2H3. The summed E-state index contributed by atoms with van der Waals surface area (Å²) < 4.78 is 5.77. The number of likely N-dealkylation sites (tertiary alicyclic amines) is 1. The normalized spacial score (nSPS) is 17.4. The smallest absolute Gasteiger partial charge is 0.263 e. The Balaban J connectivity index is 1.92. The average molecular weight is 293 g/mol. The monoisotopic (exact) mass is 293 g/mol. The molecular weight excluding hydrogens is 270 g/mol. The van der Waals surface area contributed by atoms with E-state index in [0.717, 1.165) is 31.7 Å². The van der Waals surface area contributed by atoms with Crippen LogP contribution in [0.15, 0.2) is 29.2 Å². The molecule has 1 atom stereocenters. The minimum Gasteiger partial charge on any atom is -0.481 e. The van der Waals surface area contributed by atoms with E-state index in [9.17, 15) is 4.79 Å². The van der Waals surface area contributed by atoms with Gasteiger partial charge in [0.25, 0.3) is 5.91 Å². The molecule has 1 heterocycles. The van der Waals surface area contributed by atoms with Crippen LogP contribution in [0, 0.1) is 0 Å². The number of carbonyl (C=O) groups excluding carboxylic acids is 1. The van der Waals surface area contributed by atoms with Gasteiger partial charge in [0.1, 0.15) is 5.75 Å². The molecule has 110 valence electrons. The molecule has 3 nitrogen and oxygen atoms in total. The Morgan fingerprint density at radius 2 is 1.75 bits per heavy atom. The van der Waals surface area contributed by atoms with Crippen LogP contribution in [-0.2, 0) is 4.79 Å². The first-order chi connectivity index (χ1) is 9.70. The molecule has 0 N–H and O–H groups in total. The lowest BCUT2D eigenvalue weighted by Gasteiger charge is -2.24. The molecule has 0 bridgehead atoms. The predicted octanol–water partition coefficient (Wildman–Crippen LogP) is 3.58. The number of benzene rings is 1. The molecule has 0 aromatic heterocycles. The molecule has 0 radical (unpaired) electrons. The Morgan fingerprint density at radius 1 is 1.15 bits per heavy atom. The molecule has 1 aromatic rings. The number of amides is 1. The van der Waals surface area contributed by atoms with E-state index in [-0.39, 0.29) is 5.91 Å². The minimum atomic E-state index is -0.409. The molecule has 0 saturated carbocycles. The molecule has 4 heteroatoms. The van der Waals surface area contributed by atoms with E-state index in [4.69, 9.17) is 4.74 Å². The van der Waals surface area contributed by atoms with Crippen LogP contribution >= 0.6 is 11.8 Å². The Hall–Kier alpha value is -1.16. The van der Waals surface area contributed by atoms with Gasteiger partial charge in [0.15, 0.2) is 6.10 Å². The van der Waals surface area contributed by atoms with Gasteiger partial charge in [-0.25, -0.2) is 0 Å². The lowest BCUT2D eigenvalue weighted by atomic mass is 10.2. The summed E-state index contributed by atoms with van der Waals surface area (Å²) in [6, 6.07) is 7.89. The first kappa shape index (κ1) is 15.2. The molecule has 1 aromatic carbocycles. The van der Waals surface area contributed by atoms with Crippen LogP contribution in [0.3, 0.4) is 0 Å². The number of rotatable bonds is 4. The summed E-state index contributed by atoms with van der Waals surface area (Å²) in [4.78, 5) is 15.5. The Morgan fingerprint density at radius 3 is 2.30 bits per heavy atom. The van der Waals surface area contributed by atoms with Gasteiger partial charge in [-0.3, -0.25) is 4.79 Å². The summed E-state index contributed by atoms with van der Waals surface area (Å²) in [5.41, 5.74) is 0. The molecule has 1 amide bonds. The van der Waals surface area contributed by atoms with Gasteiger partial charge < -0.3 is 9.64 Å². The molecule has 1 saturated heterocycles. The third-order valence-electron chi connectivity index (χ3n) is 3.64. The maximum absolute atomic E-state index is 12.4. The number of hydrogen-bond acceptors (Lipinski definition) is 3. The first-order valence-electron chi connectivity index (χ1n) is 7.30. The van der Waals surface area contributed by atoms with Crippen molar-refractivity contribution in [2.24, 2.45) is 0 Å². The highest BCUT2D eigenvalue weighted by Crippen LogP contribution is 2.20. The second-order valence-corrected chi connectivity index (χ2v) is 6.05. The van der Waals surface area contributed by atoms with Crippen LogP contribution in [0.1, 0.15) is 32.6 Å². The topological polar surface area (TPSA) is 29.5 Å². The van der Waals surface area contributed by atoms with Crippen molar-refractivity contribution in [3.8, 4) is 5.75 Å². The number of thioether (sulfide) groups is 1. The highest BCUT2D eigenvalue weighted by atomic mass is 32.2. The molecule has 2 rings (SSSR count). The summed E-state index contributed by atoms with van der Waals surface area (Å²) >= 11 is 1.70.